The quantitative estimate of drug-likeness (QED) is 0.579. The molecule has 156 valence electrons. The van der Waals surface area contributed by atoms with Crippen molar-refractivity contribution in [1.29, 1.82) is 0 Å². The molecular formula is C22H27NO6. The number of carboxylic acids is 1. The number of carboxylic acid groups (broad SMARTS) is 1. The number of carbonyl (C=O) groups is 2. The van der Waals surface area contributed by atoms with Gasteiger partial charge in [0.1, 0.15) is 24.2 Å². The molecule has 0 aliphatic carbocycles. The number of rotatable bonds is 11. The fraction of sp³-hybridized carbons (Fsp3) is 0.364. The zero-order chi connectivity index (χ0) is 21.2. The highest BCUT2D eigenvalue weighted by Crippen LogP contribution is 2.31. The van der Waals surface area contributed by atoms with E-state index < -0.39 is 18.0 Å². The van der Waals surface area contributed by atoms with Crippen LogP contribution in [0.2, 0.25) is 0 Å². The largest absolute Gasteiger partial charge is 0.497 e. The third-order valence-corrected chi connectivity index (χ3v) is 4.12. The molecule has 0 bridgehead atoms. The van der Waals surface area contributed by atoms with E-state index in [1.807, 2.05) is 67.5 Å². The number of hydrogen-bond acceptors (Lipinski definition) is 6. The minimum Gasteiger partial charge on any atom is -0.497 e. The zero-order valence-corrected chi connectivity index (χ0v) is 17.0. The average Bonchev–Trinajstić information content (AvgIpc) is 2.70. The molecule has 1 unspecified atom stereocenters. The molecule has 0 amide bonds. The number of para-hydroxylation sites is 1. The molecule has 0 saturated heterocycles. The van der Waals surface area contributed by atoms with E-state index in [9.17, 15) is 9.59 Å². The maximum atomic E-state index is 11.9. The Morgan fingerprint density at radius 1 is 1.03 bits per heavy atom. The van der Waals surface area contributed by atoms with Gasteiger partial charge in [0.2, 0.25) is 0 Å². The second-order valence-corrected chi connectivity index (χ2v) is 6.80. The van der Waals surface area contributed by atoms with E-state index in [4.69, 9.17) is 19.3 Å². The topological polar surface area (TPSA) is 85.3 Å². The van der Waals surface area contributed by atoms with Crippen molar-refractivity contribution in [2.75, 3.05) is 34.4 Å². The van der Waals surface area contributed by atoms with E-state index in [0.29, 0.717) is 12.3 Å². The lowest BCUT2D eigenvalue weighted by Gasteiger charge is -2.22. The van der Waals surface area contributed by atoms with Gasteiger partial charge < -0.3 is 24.2 Å². The first-order chi connectivity index (χ1) is 13.9. The third-order valence-electron chi connectivity index (χ3n) is 4.12. The normalized spacial score (nSPS) is 11.7. The first-order valence-electron chi connectivity index (χ1n) is 9.31. The Morgan fingerprint density at radius 3 is 2.34 bits per heavy atom. The molecule has 7 nitrogen and oxygen atoms in total. The van der Waals surface area contributed by atoms with Gasteiger partial charge in [-0.2, -0.15) is 0 Å². The van der Waals surface area contributed by atoms with E-state index in [1.165, 1.54) is 0 Å². The predicted octanol–water partition coefficient (Wildman–Crippen LogP) is 3.08. The Bertz CT molecular complexity index is 803. The smallest absolute Gasteiger partial charge is 0.306 e. The molecular weight excluding hydrogens is 374 g/mol. The van der Waals surface area contributed by atoms with Gasteiger partial charge in [-0.1, -0.05) is 30.3 Å². The number of carbonyl (C=O) groups excluding carboxylic acids is 1. The summed E-state index contributed by atoms with van der Waals surface area (Å²) in [6.45, 7) is 0.619. The van der Waals surface area contributed by atoms with Crippen LogP contribution in [-0.2, 0) is 14.3 Å². The Morgan fingerprint density at radius 2 is 1.72 bits per heavy atom. The summed E-state index contributed by atoms with van der Waals surface area (Å²) in [5, 5.41) is 8.72. The summed E-state index contributed by atoms with van der Waals surface area (Å²) < 4.78 is 16.6. The monoisotopic (exact) mass is 401 g/mol. The summed E-state index contributed by atoms with van der Waals surface area (Å²) in [6.07, 6.45) is -0.939. The predicted molar refractivity (Wildman–Crippen MR) is 109 cm³/mol. The van der Waals surface area contributed by atoms with Gasteiger partial charge in [0.05, 0.1) is 20.0 Å². The minimum absolute atomic E-state index is 0.157. The van der Waals surface area contributed by atoms with Crippen LogP contribution in [0.1, 0.15) is 12.8 Å². The fourth-order valence-electron chi connectivity index (χ4n) is 2.77. The summed E-state index contributed by atoms with van der Waals surface area (Å²) in [7, 11) is 5.35. The van der Waals surface area contributed by atoms with Crippen LogP contribution < -0.4 is 9.47 Å². The molecule has 0 saturated carbocycles. The van der Waals surface area contributed by atoms with Crippen LogP contribution in [0, 0.1) is 0 Å². The van der Waals surface area contributed by atoms with Crippen molar-refractivity contribution in [2.24, 2.45) is 0 Å². The third kappa shape index (κ3) is 7.46. The maximum Gasteiger partial charge on any atom is 0.306 e. The van der Waals surface area contributed by atoms with Gasteiger partial charge in [-0.05, 0) is 37.9 Å². The highest BCUT2D eigenvalue weighted by molar-refractivity contribution is 5.76. The number of hydrogen-bond donors (Lipinski definition) is 1. The Hall–Kier alpha value is -3.06. The van der Waals surface area contributed by atoms with Gasteiger partial charge in [-0.3, -0.25) is 9.59 Å². The lowest BCUT2D eigenvalue weighted by molar-refractivity contribution is -0.153. The molecule has 7 heteroatoms. The molecule has 2 aromatic rings. The first-order valence-corrected chi connectivity index (χ1v) is 9.31. The number of aliphatic carboxylic acids is 1. The molecule has 0 fully saturated rings. The molecule has 1 atom stereocenters. The number of ether oxygens (including phenoxy) is 3. The number of likely N-dealkylation sites (N-methyl/N-ethyl adjacent to an activating group) is 1. The maximum absolute atomic E-state index is 11.9. The number of benzene rings is 2. The SMILES string of the molecule is COc1ccc(-c2ccccc2OCC(CN(C)C)OC(=O)CCC(=O)O)cc1. The minimum atomic E-state index is -1.03. The zero-order valence-electron chi connectivity index (χ0n) is 17.0. The summed E-state index contributed by atoms with van der Waals surface area (Å²) in [6, 6.07) is 15.3. The van der Waals surface area contributed by atoms with Crippen LogP contribution in [0.25, 0.3) is 11.1 Å². The molecule has 0 aliphatic rings. The van der Waals surface area contributed by atoms with Gasteiger partial charge in [0.25, 0.3) is 0 Å². The summed E-state index contributed by atoms with van der Waals surface area (Å²) >= 11 is 0. The van der Waals surface area contributed by atoms with Crippen LogP contribution in [0.5, 0.6) is 11.5 Å². The summed E-state index contributed by atoms with van der Waals surface area (Å²) in [5.41, 5.74) is 1.89. The molecule has 2 rings (SSSR count). The standard InChI is InChI=1S/C22H27NO6/c1-23(2)14-18(29-22(26)13-12-21(24)25)15-28-20-7-5-4-6-19(20)16-8-10-17(27-3)11-9-16/h4-11,18H,12-15H2,1-3H3,(H,24,25). The molecule has 29 heavy (non-hydrogen) atoms. The van der Waals surface area contributed by atoms with Crippen molar-refractivity contribution >= 4 is 11.9 Å². The van der Waals surface area contributed by atoms with Crippen LogP contribution in [-0.4, -0.2) is 62.4 Å². The molecule has 0 aliphatic heterocycles. The van der Waals surface area contributed by atoms with Crippen molar-refractivity contribution in [3.63, 3.8) is 0 Å². The lowest BCUT2D eigenvalue weighted by Crippen LogP contribution is -2.35. The van der Waals surface area contributed by atoms with E-state index in [-0.39, 0.29) is 19.4 Å². The van der Waals surface area contributed by atoms with Crippen molar-refractivity contribution in [1.82, 2.24) is 4.90 Å². The summed E-state index contributed by atoms with van der Waals surface area (Å²) in [5.74, 6) is -0.142. The number of methoxy groups -OCH3 is 1. The van der Waals surface area contributed by atoms with Crippen LogP contribution in [0.3, 0.4) is 0 Å². The lowest BCUT2D eigenvalue weighted by atomic mass is 10.0. The van der Waals surface area contributed by atoms with Crippen molar-refractivity contribution in [3.8, 4) is 22.6 Å². The van der Waals surface area contributed by atoms with Gasteiger partial charge in [-0.25, -0.2) is 0 Å². The van der Waals surface area contributed by atoms with Gasteiger partial charge in [0, 0.05) is 12.1 Å². The first kappa shape index (κ1) is 22.2. The molecule has 0 heterocycles. The van der Waals surface area contributed by atoms with E-state index in [0.717, 1.165) is 16.9 Å². The van der Waals surface area contributed by atoms with E-state index in [2.05, 4.69) is 0 Å². The van der Waals surface area contributed by atoms with Crippen molar-refractivity contribution in [3.05, 3.63) is 48.5 Å². The average molecular weight is 401 g/mol. The van der Waals surface area contributed by atoms with Crippen molar-refractivity contribution in [2.45, 2.75) is 18.9 Å². The highest BCUT2D eigenvalue weighted by atomic mass is 16.6. The van der Waals surface area contributed by atoms with Gasteiger partial charge in [-0.15, -0.1) is 0 Å². The van der Waals surface area contributed by atoms with Gasteiger partial charge >= 0.3 is 11.9 Å². The van der Waals surface area contributed by atoms with Gasteiger partial charge in [0.15, 0.2) is 0 Å². The van der Waals surface area contributed by atoms with Crippen LogP contribution >= 0.6 is 0 Å². The Labute approximate surface area is 170 Å². The van der Waals surface area contributed by atoms with Crippen LogP contribution in [0.15, 0.2) is 48.5 Å². The van der Waals surface area contributed by atoms with E-state index in [1.54, 1.807) is 7.11 Å². The Kier molecular flexibility index (Phi) is 8.48. The second-order valence-electron chi connectivity index (χ2n) is 6.80. The van der Waals surface area contributed by atoms with E-state index >= 15 is 0 Å². The molecule has 2 aromatic carbocycles. The highest BCUT2D eigenvalue weighted by Gasteiger charge is 2.18. The summed E-state index contributed by atoms with van der Waals surface area (Å²) in [4.78, 5) is 24.5. The fourth-order valence-corrected chi connectivity index (χ4v) is 2.77. The number of nitrogens with zero attached hydrogens (tertiary/aromatic N) is 1. The molecule has 0 radical (unpaired) electrons. The van der Waals surface area contributed by atoms with Crippen LogP contribution in [0.4, 0.5) is 0 Å². The second kappa shape index (κ2) is 11.1. The molecule has 1 N–H and O–H groups in total. The van der Waals surface area contributed by atoms with Crippen molar-refractivity contribution < 1.29 is 28.9 Å². The Balaban J connectivity index is 2.08. The number of esters is 1. The molecule has 0 aromatic heterocycles. The molecule has 0 spiro atoms.